The van der Waals surface area contributed by atoms with Crippen molar-refractivity contribution in [3.8, 4) is 0 Å². The van der Waals surface area contributed by atoms with E-state index in [1.165, 1.54) is 18.2 Å². The van der Waals surface area contributed by atoms with Crippen LogP contribution < -0.4 is 5.43 Å². The van der Waals surface area contributed by atoms with E-state index in [9.17, 15) is 18.0 Å². The molecule has 0 amide bonds. The molecule has 0 saturated heterocycles. The van der Waals surface area contributed by atoms with Crippen LogP contribution in [0.2, 0.25) is 0 Å². The lowest BCUT2D eigenvalue weighted by Crippen LogP contribution is -2.08. The van der Waals surface area contributed by atoms with E-state index in [4.69, 9.17) is 4.74 Å². The molecule has 0 radical (unpaired) electrons. The number of alkyl halides is 3. The van der Waals surface area contributed by atoms with Crippen molar-refractivity contribution in [3.63, 3.8) is 0 Å². The van der Waals surface area contributed by atoms with E-state index in [1.54, 1.807) is 13.8 Å². The maximum atomic E-state index is 12.9. The van der Waals surface area contributed by atoms with Crippen LogP contribution in [0.4, 0.5) is 18.3 Å². The van der Waals surface area contributed by atoms with Crippen LogP contribution in [0.25, 0.3) is 0 Å². The number of halogens is 3. The predicted octanol–water partition coefficient (Wildman–Crippen LogP) is 4.09. The molecule has 0 spiro atoms. The quantitative estimate of drug-likeness (QED) is 0.497. The second kappa shape index (κ2) is 7.43. The molecule has 0 unspecified atom stereocenters. The van der Waals surface area contributed by atoms with Gasteiger partial charge in [0.15, 0.2) is 0 Å². The molecule has 0 fully saturated rings. The minimum Gasteiger partial charge on any atom is -0.462 e. The summed E-state index contributed by atoms with van der Waals surface area (Å²) in [5.74, 6) is -0.494. The molecule has 1 N–H and O–H groups in total. The number of nitrogens with one attached hydrogen (secondary N) is 1. The van der Waals surface area contributed by atoms with Gasteiger partial charge in [0.2, 0.25) is 5.13 Å². The van der Waals surface area contributed by atoms with E-state index < -0.39 is 17.7 Å². The first kappa shape index (κ1) is 17.9. The standard InChI is InChI=1S/C15H14F3N3O2S/c1-3-23-13(22)12-9(2)20-14(24-12)21-19-8-10-6-4-5-7-11(10)15(16,17)18/h4-8H,3H2,1-2H3,(H,20,21)/b19-8-. The van der Waals surface area contributed by atoms with Crippen molar-refractivity contribution in [1.29, 1.82) is 0 Å². The molecule has 0 aliphatic carbocycles. The van der Waals surface area contributed by atoms with E-state index in [-0.39, 0.29) is 17.3 Å². The molecule has 1 aromatic carbocycles. The highest BCUT2D eigenvalue weighted by molar-refractivity contribution is 7.17. The van der Waals surface area contributed by atoms with Crippen molar-refractivity contribution in [3.05, 3.63) is 46.0 Å². The second-order valence-electron chi connectivity index (χ2n) is 4.61. The first-order chi connectivity index (χ1) is 11.3. The summed E-state index contributed by atoms with van der Waals surface area (Å²) >= 11 is 1.02. The molecule has 0 bridgehead atoms. The lowest BCUT2D eigenvalue weighted by atomic mass is 10.1. The first-order valence-electron chi connectivity index (χ1n) is 6.92. The van der Waals surface area contributed by atoms with E-state index in [0.717, 1.165) is 23.6 Å². The van der Waals surface area contributed by atoms with Gasteiger partial charge in [0.05, 0.1) is 24.1 Å². The zero-order chi connectivity index (χ0) is 17.7. The molecule has 24 heavy (non-hydrogen) atoms. The van der Waals surface area contributed by atoms with E-state index in [0.29, 0.717) is 10.6 Å². The predicted molar refractivity (Wildman–Crippen MR) is 85.5 cm³/mol. The zero-order valence-corrected chi connectivity index (χ0v) is 13.7. The molecule has 0 aliphatic heterocycles. The number of aromatic nitrogens is 1. The van der Waals surface area contributed by atoms with Gasteiger partial charge in [-0.25, -0.2) is 9.78 Å². The Morgan fingerprint density at radius 2 is 2.12 bits per heavy atom. The van der Waals surface area contributed by atoms with Crippen molar-refractivity contribution < 1.29 is 22.7 Å². The number of anilines is 1. The third kappa shape index (κ3) is 4.31. The summed E-state index contributed by atoms with van der Waals surface area (Å²) in [6, 6.07) is 5.09. The Morgan fingerprint density at radius 1 is 1.42 bits per heavy atom. The molecular formula is C15H14F3N3O2S. The third-order valence-electron chi connectivity index (χ3n) is 2.89. The number of esters is 1. The van der Waals surface area contributed by atoms with Crippen LogP contribution in [0, 0.1) is 6.92 Å². The van der Waals surface area contributed by atoms with Gasteiger partial charge in [0.1, 0.15) is 4.88 Å². The summed E-state index contributed by atoms with van der Waals surface area (Å²) in [4.78, 5) is 16.1. The maximum Gasteiger partial charge on any atom is 0.417 e. The van der Waals surface area contributed by atoms with Crippen molar-refractivity contribution in [2.45, 2.75) is 20.0 Å². The highest BCUT2D eigenvalue weighted by Crippen LogP contribution is 2.31. The Kier molecular flexibility index (Phi) is 5.55. The average Bonchev–Trinajstić information content (AvgIpc) is 2.88. The van der Waals surface area contributed by atoms with Gasteiger partial charge in [-0.2, -0.15) is 18.3 Å². The third-order valence-corrected chi connectivity index (χ3v) is 3.93. The highest BCUT2D eigenvalue weighted by atomic mass is 32.1. The smallest absolute Gasteiger partial charge is 0.417 e. The van der Waals surface area contributed by atoms with Crippen LogP contribution in [-0.4, -0.2) is 23.8 Å². The Balaban J connectivity index is 2.13. The first-order valence-corrected chi connectivity index (χ1v) is 7.74. The number of nitrogens with zero attached hydrogens (tertiary/aromatic N) is 2. The minimum absolute atomic E-state index is 0.0728. The van der Waals surface area contributed by atoms with Crippen molar-refractivity contribution in [2.24, 2.45) is 5.10 Å². The largest absolute Gasteiger partial charge is 0.462 e. The van der Waals surface area contributed by atoms with Crippen LogP contribution in [-0.2, 0) is 10.9 Å². The van der Waals surface area contributed by atoms with Crippen LogP contribution >= 0.6 is 11.3 Å². The number of hydrogen-bond acceptors (Lipinski definition) is 6. The Labute approximate surface area is 140 Å². The molecular weight excluding hydrogens is 343 g/mol. The van der Waals surface area contributed by atoms with Gasteiger partial charge >= 0.3 is 12.1 Å². The summed E-state index contributed by atoms with van der Waals surface area (Å²) in [7, 11) is 0. The fourth-order valence-corrected chi connectivity index (χ4v) is 2.66. The van der Waals surface area contributed by atoms with Gasteiger partial charge in [0.25, 0.3) is 0 Å². The molecule has 0 atom stereocenters. The highest BCUT2D eigenvalue weighted by Gasteiger charge is 2.32. The van der Waals surface area contributed by atoms with Crippen LogP contribution in [0.5, 0.6) is 0 Å². The number of thiazole rings is 1. The summed E-state index contributed by atoms with van der Waals surface area (Å²) in [6.45, 7) is 3.57. The number of carbonyl (C=O) groups is 1. The van der Waals surface area contributed by atoms with Gasteiger partial charge in [-0.1, -0.05) is 29.5 Å². The lowest BCUT2D eigenvalue weighted by Gasteiger charge is -2.08. The number of rotatable bonds is 5. The molecule has 128 valence electrons. The van der Waals surface area contributed by atoms with Crippen LogP contribution in [0.3, 0.4) is 0 Å². The number of aryl methyl sites for hydroxylation is 1. The van der Waals surface area contributed by atoms with Crippen molar-refractivity contribution in [1.82, 2.24) is 4.98 Å². The van der Waals surface area contributed by atoms with E-state index in [2.05, 4.69) is 15.5 Å². The van der Waals surface area contributed by atoms with Crippen molar-refractivity contribution >= 4 is 28.7 Å². The lowest BCUT2D eigenvalue weighted by molar-refractivity contribution is -0.137. The summed E-state index contributed by atoms with van der Waals surface area (Å²) in [5.41, 5.74) is 2.14. The maximum absolute atomic E-state index is 12.9. The average molecular weight is 357 g/mol. The van der Waals surface area contributed by atoms with Crippen LogP contribution in [0.15, 0.2) is 29.4 Å². The molecule has 9 heteroatoms. The number of hydrazone groups is 1. The van der Waals surface area contributed by atoms with E-state index in [1.807, 2.05) is 0 Å². The Bertz CT molecular complexity index is 757. The topological polar surface area (TPSA) is 63.6 Å². The Hall–Kier alpha value is -2.42. The van der Waals surface area contributed by atoms with Crippen LogP contribution in [0.1, 0.15) is 33.4 Å². The number of hydrogen-bond donors (Lipinski definition) is 1. The Morgan fingerprint density at radius 3 is 2.79 bits per heavy atom. The van der Waals surface area contributed by atoms with Gasteiger partial charge in [-0.05, 0) is 19.9 Å². The number of ether oxygens (including phenoxy) is 1. The SMILES string of the molecule is CCOC(=O)c1sc(N/N=C\c2ccccc2C(F)(F)F)nc1C. The number of benzene rings is 1. The fraction of sp³-hybridized carbons (Fsp3) is 0.267. The molecule has 1 aromatic heterocycles. The summed E-state index contributed by atoms with van der Waals surface area (Å²) in [5, 5.41) is 4.05. The van der Waals surface area contributed by atoms with Gasteiger partial charge in [0, 0.05) is 5.56 Å². The normalized spacial score (nSPS) is 11.7. The summed E-state index contributed by atoms with van der Waals surface area (Å²) < 4.78 is 43.5. The molecule has 1 heterocycles. The van der Waals surface area contributed by atoms with Gasteiger partial charge in [-0.15, -0.1) is 0 Å². The second-order valence-corrected chi connectivity index (χ2v) is 5.61. The molecule has 5 nitrogen and oxygen atoms in total. The van der Waals surface area contributed by atoms with Crippen molar-refractivity contribution in [2.75, 3.05) is 12.0 Å². The molecule has 0 aliphatic rings. The van der Waals surface area contributed by atoms with E-state index >= 15 is 0 Å². The fourth-order valence-electron chi connectivity index (χ4n) is 1.86. The zero-order valence-electron chi connectivity index (χ0n) is 12.8. The van der Waals surface area contributed by atoms with Gasteiger partial charge < -0.3 is 4.74 Å². The molecule has 0 saturated carbocycles. The minimum atomic E-state index is -4.46. The summed E-state index contributed by atoms with van der Waals surface area (Å²) in [6.07, 6.45) is -3.40. The molecule has 2 aromatic rings. The monoisotopic (exact) mass is 357 g/mol. The van der Waals surface area contributed by atoms with Gasteiger partial charge in [-0.3, -0.25) is 5.43 Å². The molecule has 2 rings (SSSR count). The number of carbonyl (C=O) groups excluding carboxylic acids is 1.